The van der Waals surface area contributed by atoms with Gasteiger partial charge in [0.1, 0.15) is 5.69 Å². The lowest BCUT2D eigenvalue weighted by Crippen LogP contribution is -2.51. The van der Waals surface area contributed by atoms with Crippen LogP contribution in [0.15, 0.2) is 54.7 Å². The molecule has 4 atom stereocenters. The van der Waals surface area contributed by atoms with Gasteiger partial charge in [0, 0.05) is 47.4 Å². The number of ether oxygens (including phenoxy) is 2. The Labute approximate surface area is 295 Å². The molecule has 3 heterocycles. The van der Waals surface area contributed by atoms with Crippen LogP contribution in [0.1, 0.15) is 67.6 Å². The number of halogens is 1. The third kappa shape index (κ3) is 8.18. The monoisotopic (exact) mass is 768 g/mol. The number of likely N-dealkylation sites (tertiary alicyclic amines) is 1. The lowest BCUT2D eigenvalue weighted by Gasteiger charge is -2.38. The molecule has 1 saturated carbocycles. The molecule has 3 fully saturated rings. The van der Waals surface area contributed by atoms with E-state index < -0.39 is 5.97 Å². The molecule has 2 aromatic carbocycles. The normalized spacial score (nSPS) is 26.4. The van der Waals surface area contributed by atoms with Crippen LogP contribution in [0.25, 0.3) is 10.8 Å². The summed E-state index contributed by atoms with van der Waals surface area (Å²) >= 11 is 2.29. The van der Waals surface area contributed by atoms with Crippen molar-refractivity contribution in [3.05, 3.63) is 71.5 Å². The van der Waals surface area contributed by atoms with Crippen molar-refractivity contribution in [3.8, 4) is 0 Å². The number of aliphatic carboxylic acids is 1. The van der Waals surface area contributed by atoms with Gasteiger partial charge in [-0.05, 0) is 74.6 Å². The number of nitrogens with one attached hydrogen (secondary N) is 1. The molecule has 1 aromatic heterocycles. The third-order valence-corrected chi connectivity index (χ3v) is 10.9. The number of carboxylic acids is 1. The maximum Gasteiger partial charge on any atom is 0.306 e. The number of pyridine rings is 1. The number of rotatable bonds is 10. The lowest BCUT2D eigenvalue weighted by atomic mass is 9.87. The number of hydrogen-bond donors (Lipinski definition) is 2. The van der Waals surface area contributed by atoms with Gasteiger partial charge in [-0.15, -0.1) is 0 Å². The minimum atomic E-state index is -0.721. The highest BCUT2D eigenvalue weighted by molar-refractivity contribution is 14.1. The average Bonchev–Trinajstić information content (AvgIpc) is 3.52. The third-order valence-electron chi connectivity index (χ3n) is 10.0. The molecular formula is C37H45IN4O6. The quantitative estimate of drug-likeness (QED) is 0.199. The second kappa shape index (κ2) is 15.6. The first-order valence-corrected chi connectivity index (χ1v) is 18.6. The molecule has 48 heavy (non-hydrogen) atoms. The number of alkyl halides is 1. The first kappa shape index (κ1) is 34.7. The van der Waals surface area contributed by atoms with Crippen LogP contribution < -0.4 is 5.32 Å². The predicted molar refractivity (Wildman–Crippen MR) is 192 cm³/mol. The van der Waals surface area contributed by atoms with Gasteiger partial charge < -0.3 is 24.8 Å². The van der Waals surface area contributed by atoms with Crippen molar-refractivity contribution in [2.75, 3.05) is 31.6 Å². The maximum absolute atomic E-state index is 14.0. The van der Waals surface area contributed by atoms with Gasteiger partial charge >= 0.3 is 5.97 Å². The zero-order chi connectivity index (χ0) is 33.8. The highest BCUT2D eigenvalue weighted by Gasteiger charge is 2.40. The molecule has 2 aliphatic heterocycles. The standard InChI is InChI=1S/C37H45IN4O6/c1-23-19-41(20-24(2)48-23)29-17-30(22-47-31-10-8-27(9-11-31)37(45)46)42(21-29)34(43)16-25-7-12-33(28(15-25)18-38)40-36(44)35-32-6-4-3-5-26(32)13-14-39-35/h3-7,12-15,23-24,27,29-31H,8-11,16-22H2,1-2H3,(H,40,44)(H,45,46)/t23-,24+,27?,29-,30-,31?/m0/s1. The summed E-state index contributed by atoms with van der Waals surface area (Å²) in [5, 5.41) is 14.2. The molecule has 0 bridgehead atoms. The number of nitrogens with zero attached hydrogens (tertiary/aromatic N) is 3. The summed E-state index contributed by atoms with van der Waals surface area (Å²) < 4.78 is 13.0. The first-order chi connectivity index (χ1) is 23.2. The van der Waals surface area contributed by atoms with E-state index in [9.17, 15) is 19.5 Å². The van der Waals surface area contributed by atoms with E-state index in [0.717, 1.165) is 54.3 Å². The number of aromatic nitrogens is 1. The van der Waals surface area contributed by atoms with Crippen molar-refractivity contribution in [1.82, 2.24) is 14.8 Å². The van der Waals surface area contributed by atoms with Crippen molar-refractivity contribution in [2.45, 2.75) is 87.2 Å². The fraction of sp³-hybridized carbons (Fsp3) is 0.514. The highest BCUT2D eigenvalue weighted by atomic mass is 127. The van der Waals surface area contributed by atoms with Crippen LogP contribution in [-0.2, 0) is 29.9 Å². The summed E-state index contributed by atoms with van der Waals surface area (Å²) in [6, 6.07) is 15.6. The second-order valence-corrected chi connectivity index (χ2v) is 14.3. The Morgan fingerprint density at radius 2 is 1.77 bits per heavy atom. The van der Waals surface area contributed by atoms with Crippen LogP contribution in [0.5, 0.6) is 0 Å². The van der Waals surface area contributed by atoms with Crippen molar-refractivity contribution in [1.29, 1.82) is 0 Å². The lowest BCUT2D eigenvalue weighted by molar-refractivity contribution is -0.144. The summed E-state index contributed by atoms with van der Waals surface area (Å²) in [5.41, 5.74) is 2.93. The van der Waals surface area contributed by atoms with Crippen LogP contribution in [0.3, 0.4) is 0 Å². The van der Waals surface area contributed by atoms with Gasteiger partial charge in [-0.2, -0.15) is 0 Å². The molecule has 3 aliphatic rings. The van der Waals surface area contributed by atoms with E-state index in [2.05, 4.69) is 51.6 Å². The van der Waals surface area contributed by atoms with Crippen molar-refractivity contribution >= 4 is 56.8 Å². The zero-order valence-electron chi connectivity index (χ0n) is 27.6. The van der Waals surface area contributed by atoms with Crippen LogP contribution >= 0.6 is 22.6 Å². The Morgan fingerprint density at radius 1 is 1.02 bits per heavy atom. The molecule has 0 spiro atoms. The molecule has 0 unspecified atom stereocenters. The molecule has 2 saturated heterocycles. The predicted octanol–water partition coefficient (Wildman–Crippen LogP) is 5.70. The van der Waals surface area contributed by atoms with E-state index in [1.54, 1.807) is 6.20 Å². The molecule has 2 amide bonds. The average molecular weight is 769 g/mol. The Bertz CT molecular complexity index is 1610. The van der Waals surface area contributed by atoms with Gasteiger partial charge in [0.2, 0.25) is 5.91 Å². The molecule has 11 heteroatoms. The number of amides is 2. The van der Waals surface area contributed by atoms with E-state index in [4.69, 9.17) is 9.47 Å². The van der Waals surface area contributed by atoms with E-state index in [1.807, 2.05) is 53.4 Å². The molecule has 256 valence electrons. The van der Waals surface area contributed by atoms with Gasteiger partial charge in [-0.1, -0.05) is 59.0 Å². The van der Waals surface area contributed by atoms with Gasteiger partial charge in [0.05, 0.1) is 43.3 Å². The van der Waals surface area contributed by atoms with Crippen LogP contribution in [0.4, 0.5) is 5.69 Å². The SMILES string of the molecule is C[C@@H]1CN([C@H]2C[C@@H](COC3CCC(C(=O)O)CC3)N(C(=O)Cc3ccc(NC(=O)c4nccc5ccccc45)c(CI)c3)C2)C[C@H](C)O1. The number of morpholine rings is 1. The Kier molecular flexibility index (Phi) is 11.3. The Balaban J connectivity index is 1.13. The largest absolute Gasteiger partial charge is 0.481 e. The Morgan fingerprint density at radius 3 is 2.50 bits per heavy atom. The minimum absolute atomic E-state index is 0.0260. The number of fused-ring (bicyclic) bond motifs is 1. The summed E-state index contributed by atoms with van der Waals surface area (Å²) in [4.78, 5) is 47.6. The zero-order valence-corrected chi connectivity index (χ0v) is 29.8. The van der Waals surface area contributed by atoms with Gasteiger partial charge in [0.25, 0.3) is 5.91 Å². The van der Waals surface area contributed by atoms with E-state index in [-0.39, 0.29) is 54.5 Å². The fourth-order valence-electron chi connectivity index (χ4n) is 7.61. The summed E-state index contributed by atoms with van der Waals surface area (Å²) in [6.45, 7) is 6.97. The van der Waals surface area contributed by atoms with Gasteiger partial charge in [-0.3, -0.25) is 24.3 Å². The van der Waals surface area contributed by atoms with Gasteiger partial charge in [-0.25, -0.2) is 0 Å². The topological polar surface area (TPSA) is 121 Å². The highest BCUT2D eigenvalue weighted by Crippen LogP contribution is 2.31. The second-order valence-electron chi connectivity index (χ2n) is 13.6. The molecule has 0 radical (unpaired) electrons. The first-order valence-electron chi connectivity index (χ1n) is 17.0. The van der Waals surface area contributed by atoms with Crippen LogP contribution in [0.2, 0.25) is 0 Å². The molecule has 2 N–H and O–H groups in total. The Hall–Kier alpha value is -3.13. The molecule has 1 aliphatic carbocycles. The molecule has 6 rings (SSSR count). The number of hydrogen-bond acceptors (Lipinski definition) is 7. The van der Waals surface area contributed by atoms with Crippen molar-refractivity contribution in [2.24, 2.45) is 5.92 Å². The van der Waals surface area contributed by atoms with Crippen LogP contribution in [0, 0.1) is 5.92 Å². The van der Waals surface area contributed by atoms with E-state index in [1.165, 1.54) is 0 Å². The maximum atomic E-state index is 14.0. The molecular weight excluding hydrogens is 723 g/mol. The number of carboxylic acid groups (broad SMARTS) is 1. The summed E-state index contributed by atoms with van der Waals surface area (Å²) in [7, 11) is 0. The number of carbonyl (C=O) groups excluding carboxylic acids is 2. The minimum Gasteiger partial charge on any atom is -0.481 e. The number of benzene rings is 2. The summed E-state index contributed by atoms with van der Waals surface area (Å²) in [5.74, 6) is -1.21. The van der Waals surface area contributed by atoms with Crippen LogP contribution in [-0.4, -0.2) is 94.3 Å². The number of anilines is 1. The van der Waals surface area contributed by atoms with Crippen molar-refractivity contribution < 1.29 is 29.0 Å². The smallest absolute Gasteiger partial charge is 0.306 e. The summed E-state index contributed by atoms with van der Waals surface area (Å²) in [6.07, 6.45) is 5.78. The van der Waals surface area contributed by atoms with E-state index >= 15 is 0 Å². The van der Waals surface area contributed by atoms with E-state index in [0.29, 0.717) is 41.8 Å². The fourth-order valence-corrected chi connectivity index (χ4v) is 8.24. The molecule has 3 aromatic rings. The van der Waals surface area contributed by atoms with Crippen molar-refractivity contribution in [3.63, 3.8) is 0 Å². The van der Waals surface area contributed by atoms with Gasteiger partial charge in [0.15, 0.2) is 0 Å². The number of carbonyl (C=O) groups is 3. The molecule has 10 nitrogen and oxygen atoms in total.